The first-order valence-electron chi connectivity index (χ1n) is 4.54. The first kappa shape index (κ1) is 10.9. The fraction of sp³-hybridized carbons (Fsp3) is 0.0909. The molecule has 0 spiro atoms. The van der Waals surface area contributed by atoms with Crippen LogP contribution in [0.5, 0.6) is 0 Å². The van der Waals surface area contributed by atoms with Crippen LogP contribution in [0, 0.1) is 6.92 Å². The molecule has 0 aliphatic rings. The molecule has 1 N–H and O–H groups in total. The van der Waals surface area contributed by atoms with Gasteiger partial charge >= 0.3 is 5.97 Å². The minimum Gasteiger partial charge on any atom is -0.477 e. The molecule has 0 saturated carbocycles. The molecule has 0 atom stereocenters. The van der Waals surface area contributed by atoms with Crippen LogP contribution in [0.2, 0.25) is 0 Å². The van der Waals surface area contributed by atoms with Crippen LogP contribution in [0.1, 0.15) is 15.9 Å². The minimum absolute atomic E-state index is 0.0614. The summed E-state index contributed by atoms with van der Waals surface area (Å²) in [5.41, 5.74) is 1.77. The van der Waals surface area contributed by atoms with Crippen molar-refractivity contribution in [2.75, 3.05) is 0 Å². The number of halogens is 1. The summed E-state index contributed by atoms with van der Waals surface area (Å²) in [4.78, 5) is 10.9. The van der Waals surface area contributed by atoms with Crippen LogP contribution in [0.25, 0.3) is 11.3 Å². The van der Waals surface area contributed by atoms with E-state index in [0.717, 1.165) is 10.0 Å². The van der Waals surface area contributed by atoms with E-state index in [-0.39, 0.29) is 11.3 Å². The highest BCUT2D eigenvalue weighted by Gasteiger charge is 2.18. The van der Waals surface area contributed by atoms with Gasteiger partial charge in [0, 0.05) is 10.0 Å². The fourth-order valence-corrected chi connectivity index (χ4v) is 1.83. The van der Waals surface area contributed by atoms with Gasteiger partial charge in [-0.15, -0.1) is 0 Å². The van der Waals surface area contributed by atoms with Crippen molar-refractivity contribution in [2.45, 2.75) is 6.92 Å². The van der Waals surface area contributed by atoms with Gasteiger partial charge in [-0.3, -0.25) is 0 Å². The molecule has 0 saturated heterocycles. The molecule has 4 nitrogen and oxygen atoms in total. The molecule has 16 heavy (non-hydrogen) atoms. The first-order valence-corrected chi connectivity index (χ1v) is 5.33. The lowest BCUT2D eigenvalue weighted by molar-refractivity contribution is 0.0697. The van der Waals surface area contributed by atoms with E-state index in [2.05, 4.69) is 21.1 Å². The minimum atomic E-state index is -1.05. The summed E-state index contributed by atoms with van der Waals surface area (Å²) in [6.45, 7) is 1.92. The molecule has 1 aromatic carbocycles. The van der Waals surface area contributed by atoms with Gasteiger partial charge < -0.3 is 9.63 Å². The number of carbonyl (C=O) groups is 1. The smallest absolute Gasteiger partial charge is 0.341 e. The van der Waals surface area contributed by atoms with Crippen molar-refractivity contribution in [2.24, 2.45) is 0 Å². The summed E-state index contributed by atoms with van der Waals surface area (Å²) in [6, 6.07) is 5.61. The molecule has 0 bridgehead atoms. The Morgan fingerprint density at radius 3 is 2.94 bits per heavy atom. The molecule has 0 fully saturated rings. The summed E-state index contributed by atoms with van der Waals surface area (Å²) in [7, 11) is 0. The average molecular weight is 282 g/mol. The van der Waals surface area contributed by atoms with Crippen molar-refractivity contribution < 1.29 is 14.4 Å². The third kappa shape index (κ3) is 1.86. The molecule has 0 unspecified atom stereocenters. The monoisotopic (exact) mass is 281 g/mol. The van der Waals surface area contributed by atoms with Crippen LogP contribution in [0.15, 0.2) is 33.4 Å². The van der Waals surface area contributed by atoms with E-state index in [1.165, 1.54) is 6.20 Å². The molecular formula is C11H8BrNO3. The van der Waals surface area contributed by atoms with Crippen LogP contribution in [-0.4, -0.2) is 16.2 Å². The number of hydrogen-bond donors (Lipinski definition) is 1. The predicted octanol–water partition coefficient (Wildman–Crippen LogP) is 3.11. The van der Waals surface area contributed by atoms with Crippen molar-refractivity contribution >= 4 is 21.9 Å². The average Bonchev–Trinajstić information content (AvgIpc) is 2.70. The summed E-state index contributed by atoms with van der Waals surface area (Å²) in [5, 5.41) is 12.5. The van der Waals surface area contributed by atoms with Gasteiger partial charge in [-0.1, -0.05) is 32.7 Å². The zero-order valence-corrected chi connectivity index (χ0v) is 9.98. The molecule has 0 aliphatic carbocycles. The van der Waals surface area contributed by atoms with Crippen LogP contribution >= 0.6 is 15.9 Å². The lowest BCUT2D eigenvalue weighted by atomic mass is 10.1. The second-order valence-electron chi connectivity index (χ2n) is 3.36. The Morgan fingerprint density at radius 1 is 1.50 bits per heavy atom. The second kappa shape index (κ2) is 4.09. The molecule has 5 heteroatoms. The number of aryl methyl sites for hydroxylation is 1. The van der Waals surface area contributed by atoms with E-state index in [4.69, 9.17) is 9.63 Å². The number of aromatic nitrogens is 1. The number of carboxylic acid groups (broad SMARTS) is 1. The maximum Gasteiger partial charge on any atom is 0.341 e. The van der Waals surface area contributed by atoms with E-state index in [9.17, 15) is 4.79 Å². The molecule has 0 amide bonds. The summed E-state index contributed by atoms with van der Waals surface area (Å²) in [6.07, 6.45) is 1.20. The number of aromatic carboxylic acids is 1. The van der Waals surface area contributed by atoms with Gasteiger partial charge in [0.05, 0.1) is 6.20 Å². The highest BCUT2D eigenvalue weighted by Crippen LogP contribution is 2.31. The van der Waals surface area contributed by atoms with E-state index in [1.807, 2.05) is 25.1 Å². The highest BCUT2D eigenvalue weighted by molar-refractivity contribution is 9.10. The van der Waals surface area contributed by atoms with Crippen molar-refractivity contribution in [1.29, 1.82) is 0 Å². The second-order valence-corrected chi connectivity index (χ2v) is 4.21. The third-order valence-corrected chi connectivity index (χ3v) is 2.86. The summed E-state index contributed by atoms with van der Waals surface area (Å²) >= 11 is 3.35. The number of hydrogen-bond acceptors (Lipinski definition) is 3. The standard InChI is InChI=1S/C11H8BrNO3/c1-6-2-3-9(12)7(4-6)10-8(11(14)15)5-13-16-10/h2-5H,1H3,(H,14,15). The number of rotatable bonds is 2. The zero-order chi connectivity index (χ0) is 11.7. The van der Waals surface area contributed by atoms with E-state index in [0.29, 0.717) is 5.56 Å². The van der Waals surface area contributed by atoms with E-state index in [1.54, 1.807) is 0 Å². The van der Waals surface area contributed by atoms with Crippen LogP contribution in [0.4, 0.5) is 0 Å². The number of carboxylic acids is 1. The Bertz CT molecular complexity index is 548. The van der Waals surface area contributed by atoms with Crippen LogP contribution in [-0.2, 0) is 0 Å². The topological polar surface area (TPSA) is 63.3 Å². The molecule has 82 valence electrons. The van der Waals surface area contributed by atoms with Gasteiger partial charge in [0.25, 0.3) is 0 Å². The Balaban J connectivity index is 2.62. The van der Waals surface area contributed by atoms with Gasteiger partial charge in [-0.25, -0.2) is 4.79 Å². The fourth-order valence-electron chi connectivity index (χ4n) is 1.40. The number of benzene rings is 1. The predicted molar refractivity (Wildman–Crippen MR) is 61.3 cm³/mol. The lowest BCUT2D eigenvalue weighted by Gasteiger charge is -2.02. The Labute approximate surface area is 100 Å². The molecule has 0 radical (unpaired) electrons. The SMILES string of the molecule is Cc1ccc(Br)c(-c2oncc2C(=O)O)c1. The van der Waals surface area contributed by atoms with Crippen molar-refractivity contribution in [1.82, 2.24) is 5.16 Å². The molecule has 1 aromatic heterocycles. The number of nitrogens with zero attached hydrogens (tertiary/aromatic N) is 1. The highest BCUT2D eigenvalue weighted by atomic mass is 79.9. The molecular weight excluding hydrogens is 274 g/mol. The van der Waals surface area contributed by atoms with Gasteiger partial charge in [0.1, 0.15) is 5.56 Å². The van der Waals surface area contributed by atoms with Crippen LogP contribution < -0.4 is 0 Å². The maximum absolute atomic E-state index is 10.9. The van der Waals surface area contributed by atoms with Gasteiger partial charge in [0.2, 0.25) is 0 Å². The van der Waals surface area contributed by atoms with Gasteiger partial charge in [-0.2, -0.15) is 0 Å². The van der Waals surface area contributed by atoms with Crippen molar-refractivity contribution in [3.8, 4) is 11.3 Å². The third-order valence-electron chi connectivity index (χ3n) is 2.17. The quantitative estimate of drug-likeness (QED) is 0.919. The first-order chi connectivity index (χ1) is 7.59. The molecule has 2 aromatic rings. The summed E-state index contributed by atoms with van der Waals surface area (Å²) < 4.78 is 5.76. The molecule has 0 aliphatic heterocycles. The van der Waals surface area contributed by atoms with E-state index < -0.39 is 5.97 Å². The Kier molecular flexibility index (Phi) is 2.78. The molecule has 2 rings (SSSR count). The maximum atomic E-state index is 10.9. The van der Waals surface area contributed by atoms with Crippen molar-refractivity contribution in [3.05, 3.63) is 40.0 Å². The zero-order valence-electron chi connectivity index (χ0n) is 8.40. The van der Waals surface area contributed by atoms with E-state index >= 15 is 0 Å². The molecule has 1 heterocycles. The Morgan fingerprint density at radius 2 is 2.25 bits per heavy atom. The van der Waals surface area contributed by atoms with Gasteiger partial charge in [0.15, 0.2) is 5.76 Å². The Hall–Kier alpha value is -1.62. The lowest BCUT2D eigenvalue weighted by Crippen LogP contribution is -1.96. The normalized spacial score (nSPS) is 10.4. The summed E-state index contributed by atoms with van der Waals surface area (Å²) in [5.74, 6) is -0.785. The van der Waals surface area contributed by atoms with Crippen LogP contribution in [0.3, 0.4) is 0 Å². The van der Waals surface area contributed by atoms with Crippen molar-refractivity contribution in [3.63, 3.8) is 0 Å². The largest absolute Gasteiger partial charge is 0.477 e. The van der Waals surface area contributed by atoms with Gasteiger partial charge in [-0.05, 0) is 19.1 Å².